The minimum Gasteiger partial charge on any atom is -0.467 e. The van der Waals surface area contributed by atoms with Crippen molar-refractivity contribution in [3.8, 4) is 0 Å². The monoisotopic (exact) mass is 356 g/mol. The van der Waals surface area contributed by atoms with E-state index in [2.05, 4.69) is 5.10 Å². The number of hydrogen-bond donors (Lipinski definition) is 1. The molecule has 0 spiro atoms. The van der Waals surface area contributed by atoms with E-state index in [4.69, 9.17) is 9.15 Å². The fourth-order valence-corrected chi connectivity index (χ4v) is 2.89. The molecule has 2 aromatic rings. The van der Waals surface area contributed by atoms with Crippen molar-refractivity contribution in [2.45, 2.75) is 32.9 Å². The van der Waals surface area contributed by atoms with Gasteiger partial charge in [0, 0.05) is 13.2 Å². The maximum absolute atomic E-state index is 12.6. The summed E-state index contributed by atoms with van der Waals surface area (Å²) in [5.41, 5.74) is -0.537. The fourth-order valence-electron chi connectivity index (χ4n) is 1.86. The second-order valence-electron chi connectivity index (χ2n) is 6.07. The summed E-state index contributed by atoms with van der Waals surface area (Å²) in [6.45, 7) is 4.82. The van der Waals surface area contributed by atoms with E-state index in [9.17, 15) is 13.2 Å². The Hall–Kier alpha value is -2.49. The van der Waals surface area contributed by atoms with Gasteiger partial charge < -0.3 is 9.15 Å². The number of ether oxygens (including phenoxy) is 1. The molecule has 0 radical (unpaired) electrons. The van der Waals surface area contributed by atoms with Crippen LogP contribution in [0, 0.1) is 0 Å². The molecule has 24 heavy (non-hydrogen) atoms. The molecule has 0 aliphatic heterocycles. The Labute approximate surface area is 140 Å². The Morgan fingerprint density at radius 2 is 2.17 bits per heavy atom. The zero-order chi connectivity index (χ0) is 18.0. The molecule has 10 heteroatoms. The standard InChI is InChI=1S/C14H20N4O5S/c1-14(2,3)23-13(19)16-24(20,21)18(10-12-6-5-7-22-12)11-8-15-17(4)9-11/h5-9H,10H2,1-4H3,(H,16,19). The quantitative estimate of drug-likeness (QED) is 0.875. The highest BCUT2D eigenvalue weighted by molar-refractivity contribution is 7.91. The Kier molecular flexibility index (Phi) is 4.88. The van der Waals surface area contributed by atoms with Crippen LogP contribution in [-0.2, 0) is 28.5 Å². The lowest BCUT2D eigenvalue weighted by atomic mass is 10.2. The summed E-state index contributed by atoms with van der Waals surface area (Å²) in [6, 6.07) is 3.27. The predicted octanol–water partition coefficient (Wildman–Crippen LogP) is 1.79. The molecule has 0 unspecified atom stereocenters. The van der Waals surface area contributed by atoms with E-state index in [-0.39, 0.29) is 12.2 Å². The SMILES string of the molecule is Cn1cc(N(Cc2ccco2)S(=O)(=O)NC(=O)OC(C)(C)C)cn1. The van der Waals surface area contributed by atoms with Crippen LogP contribution in [0.15, 0.2) is 35.2 Å². The van der Waals surface area contributed by atoms with Crippen molar-refractivity contribution in [3.63, 3.8) is 0 Å². The Morgan fingerprint density at radius 3 is 2.67 bits per heavy atom. The molecule has 1 amide bonds. The number of furan rings is 1. The van der Waals surface area contributed by atoms with Crippen LogP contribution >= 0.6 is 0 Å². The number of aryl methyl sites for hydroxylation is 1. The molecule has 0 aliphatic carbocycles. The van der Waals surface area contributed by atoms with Gasteiger partial charge in [0.1, 0.15) is 11.4 Å². The third-order valence-corrected chi connectivity index (χ3v) is 4.10. The Bertz CT molecular complexity index is 789. The third kappa shape index (κ3) is 4.75. The number of nitrogens with zero attached hydrogens (tertiary/aromatic N) is 3. The first-order valence-corrected chi connectivity index (χ1v) is 8.55. The normalized spacial score (nSPS) is 12.0. The Balaban J connectivity index is 2.26. The van der Waals surface area contributed by atoms with E-state index in [1.165, 1.54) is 23.3 Å². The molecule has 2 rings (SSSR count). The lowest BCUT2D eigenvalue weighted by Gasteiger charge is -2.24. The molecule has 9 nitrogen and oxygen atoms in total. The number of anilines is 1. The minimum atomic E-state index is -4.21. The fraction of sp³-hybridized carbons (Fsp3) is 0.429. The van der Waals surface area contributed by atoms with E-state index in [0.29, 0.717) is 5.76 Å². The van der Waals surface area contributed by atoms with Gasteiger partial charge in [0.15, 0.2) is 0 Å². The van der Waals surface area contributed by atoms with Crippen LogP contribution < -0.4 is 9.03 Å². The molecule has 1 N–H and O–H groups in total. The van der Waals surface area contributed by atoms with E-state index >= 15 is 0 Å². The van der Waals surface area contributed by atoms with Crippen molar-refractivity contribution in [3.05, 3.63) is 36.5 Å². The van der Waals surface area contributed by atoms with Gasteiger partial charge in [-0.2, -0.15) is 13.5 Å². The first-order valence-electron chi connectivity index (χ1n) is 7.11. The molecular formula is C14H20N4O5S. The number of nitrogens with one attached hydrogen (secondary N) is 1. The van der Waals surface area contributed by atoms with Crippen molar-refractivity contribution in [2.75, 3.05) is 4.31 Å². The summed E-state index contributed by atoms with van der Waals surface area (Å²) < 4.78 is 39.7. The molecule has 0 atom stereocenters. The number of rotatable bonds is 5. The van der Waals surface area contributed by atoms with Crippen molar-refractivity contribution in [2.24, 2.45) is 7.05 Å². The highest BCUT2D eigenvalue weighted by atomic mass is 32.2. The smallest absolute Gasteiger partial charge is 0.422 e. The molecule has 0 bridgehead atoms. The topological polar surface area (TPSA) is 107 Å². The average molecular weight is 356 g/mol. The van der Waals surface area contributed by atoms with Crippen molar-refractivity contribution in [1.82, 2.24) is 14.5 Å². The molecule has 132 valence electrons. The van der Waals surface area contributed by atoms with Crippen LogP contribution in [0.2, 0.25) is 0 Å². The highest BCUT2D eigenvalue weighted by Crippen LogP contribution is 2.20. The number of aromatic nitrogens is 2. The minimum absolute atomic E-state index is 0.100. The largest absolute Gasteiger partial charge is 0.467 e. The number of carbonyl (C=O) groups excluding carboxylic acids is 1. The van der Waals surface area contributed by atoms with Crippen molar-refractivity contribution < 1.29 is 22.4 Å². The zero-order valence-corrected chi connectivity index (χ0v) is 14.7. The summed E-state index contributed by atoms with van der Waals surface area (Å²) >= 11 is 0. The van der Waals surface area contributed by atoms with E-state index < -0.39 is 21.9 Å². The molecular weight excluding hydrogens is 336 g/mol. The lowest BCUT2D eigenvalue weighted by Crippen LogP contribution is -2.45. The Morgan fingerprint density at radius 1 is 1.46 bits per heavy atom. The summed E-state index contributed by atoms with van der Waals surface area (Å²) in [6.07, 6.45) is 3.26. The second kappa shape index (κ2) is 6.56. The number of hydrogen-bond acceptors (Lipinski definition) is 6. The van der Waals surface area contributed by atoms with Crippen LogP contribution in [0.4, 0.5) is 10.5 Å². The summed E-state index contributed by atoms with van der Waals surface area (Å²) in [4.78, 5) is 11.8. The molecule has 0 aromatic carbocycles. The molecule has 0 aliphatic rings. The summed E-state index contributed by atoms with van der Waals surface area (Å²) in [7, 11) is -2.56. The molecule has 0 fully saturated rings. The first-order chi connectivity index (χ1) is 11.1. The highest BCUT2D eigenvalue weighted by Gasteiger charge is 2.29. The maximum atomic E-state index is 12.6. The van der Waals surface area contributed by atoms with Crippen molar-refractivity contribution >= 4 is 22.0 Å². The number of carbonyl (C=O) groups is 1. The number of amides is 1. The summed E-state index contributed by atoms with van der Waals surface area (Å²) in [5.74, 6) is 0.411. The van der Waals surface area contributed by atoms with Gasteiger partial charge in [-0.15, -0.1) is 0 Å². The van der Waals surface area contributed by atoms with Crippen LogP contribution in [0.3, 0.4) is 0 Å². The first kappa shape index (κ1) is 17.9. The predicted molar refractivity (Wildman–Crippen MR) is 86.4 cm³/mol. The van der Waals surface area contributed by atoms with Gasteiger partial charge in [-0.3, -0.25) is 4.68 Å². The summed E-state index contributed by atoms with van der Waals surface area (Å²) in [5, 5.41) is 3.95. The van der Waals surface area contributed by atoms with E-state index in [1.54, 1.807) is 40.0 Å². The molecule has 2 heterocycles. The van der Waals surface area contributed by atoms with Crippen LogP contribution in [-0.4, -0.2) is 29.9 Å². The third-order valence-electron chi connectivity index (χ3n) is 2.76. The van der Waals surface area contributed by atoms with Gasteiger partial charge in [-0.1, -0.05) is 0 Å². The zero-order valence-electron chi connectivity index (χ0n) is 13.9. The second-order valence-corrected chi connectivity index (χ2v) is 7.66. The van der Waals surface area contributed by atoms with Crippen LogP contribution in [0.1, 0.15) is 26.5 Å². The van der Waals surface area contributed by atoms with Gasteiger partial charge in [0.25, 0.3) is 0 Å². The van der Waals surface area contributed by atoms with Gasteiger partial charge in [0.05, 0.1) is 24.7 Å². The van der Waals surface area contributed by atoms with Crippen LogP contribution in [0.5, 0.6) is 0 Å². The van der Waals surface area contributed by atoms with Gasteiger partial charge in [-0.05, 0) is 32.9 Å². The van der Waals surface area contributed by atoms with Gasteiger partial charge in [-0.25, -0.2) is 13.8 Å². The molecule has 0 saturated heterocycles. The van der Waals surface area contributed by atoms with Gasteiger partial charge in [0.2, 0.25) is 0 Å². The van der Waals surface area contributed by atoms with E-state index in [1.807, 2.05) is 4.72 Å². The van der Waals surface area contributed by atoms with Crippen LogP contribution in [0.25, 0.3) is 0 Å². The van der Waals surface area contributed by atoms with E-state index in [0.717, 1.165) is 4.31 Å². The molecule has 0 saturated carbocycles. The van der Waals surface area contributed by atoms with Crippen molar-refractivity contribution in [1.29, 1.82) is 0 Å². The maximum Gasteiger partial charge on any atom is 0.422 e. The average Bonchev–Trinajstić information content (AvgIpc) is 3.03. The van der Waals surface area contributed by atoms with Gasteiger partial charge >= 0.3 is 16.3 Å². The lowest BCUT2D eigenvalue weighted by molar-refractivity contribution is 0.0570. The molecule has 2 aromatic heterocycles.